The molecule has 2 heterocycles. The highest BCUT2D eigenvalue weighted by Crippen LogP contribution is 2.22. The first-order valence-electron chi connectivity index (χ1n) is 9.08. The number of aryl methyl sites for hydroxylation is 1. The van der Waals surface area contributed by atoms with Crippen molar-refractivity contribution < 1.29 is 4.79 Å². The van der Waals surface area contributed by atoms with Crippen molar-refractivity contribution in [3.63, 3.8) is 0 Å². The van der Waals surface area contributed by atoms with Crippen LogP contribution in [-0.4, -0.2) is 39.9 Å². The van der Waals surface area contributed by atoms with E-state index in [9.17, 15) is 4.79 Å². The summed E-state index contributed by atoms with van der Waals surface area (Å²) in [6.07, 6.45) is 7.33. The molecular weight excluding hydrogens is 312 g/mol. The monoisotopic (exact) mass is 338 g/mol. The molecule has 1 fully saturated rings. The predicted octanol–water partition coefficient (Wildman–Crippen LogP) is 3.15. The fourth-order valence-electron chi connectivity index (χ4n) is 3.38. The molecule has 1 N–H and O–H groups in total. The highest BCUT2D eigenvalue weighted by atomic mass is 16.2. The molecule has 0 radical (unpaired) electrons. The van der Waals surface area contributed by atoms with Gasteiger partial charge in [0.05, 0.1) is 0 Å². The highest BCUT2D eigenvalue weighted by Gasteiger charge is 2.27. The van der Waals surface area contributed by atoms with E-state index < -0.39 is 0 Å². The average molecular weight is 338 g/mol. The topological polar surface area (TPSA) is 58.1 Å². The van der Waals surface area contributed by atoms with E-state index in [0.29, 0.717) is 12.0 Å². The second-order valence-corrected chi connectivity index (χ2v) is 6.75. The van der Waals surface area contributed by atoms with Crippen molar-refractivity contribution in [1.29, 1.82) is 0 Å². The molecule has 0 bridgehead atoms. The Hall–Kier alpha value is -2.27. The summed E-state index contributed by atoms with van der Waals surface area (Å²) < 4.78 is 0. The second kappa shape index (κ2) is 8.72. The smallest absolute Gasteiger partial charge is 0.229 e. The van der Waals surface area contributed by atoms with Gasteiger partial charge < -0.3 is 4.90 Å². The number of rotatable bonds is 6. The summed E-state index contributed by atoms with van der Waals surface area (Å²) in [4.78, 5) is 23.0. The Kier molecular flexibility index (Phi) is 6.12. The Morgan fingerprint density at radius 2 is 1.84 bits per heavy atom. The fourth-order valence-corrected chi connectivity index (χ4v) is 3.38. The molecular formula is C20H26N4O. The van der Waals surface area contributed by atoms with E-state index in [1.165, 1.54) is 5.56 Å². The van der Waals surface area contributed by atoms with Gasteiger partial charge >= 0.3 is 0 Å². The SMILES string of the molecule is C[C@H](CCc1ccccc1)N1CCC(C(=O)Nc2ncccn2)CC1. The lowest BCUT2D eigenvalue weighted by molar-refractivity contribution is -0.121. The number of aromatic nitrogens is 2. The third-order valence-electron chi connectivity index (χ3n) is 5.02. The molecule has 1 aromatic heterocycles. The van der Waals surface area contributed by atoms with E-state index in [1.807, 2.05) is 0 Å². The van der Waals surface area contributed by atoms with Crippen molar-refractivity contribution in [2.24, 2.45) is 5.92 Å². The number of likely N-dealkylation sites (tertiary alicyclic amines) is 1. The van der Waals surface area contributed by atoms with Gasteiger partial charge in [0, 0.05) is 24.4 Å². The first kappa shape index (κ1) is 17.5. The van der Waals surface area contributed by atoms with E-state index in [4.69, 9.17) is 0 Å². The van der Waals surface area contributed by atoms with E-state index in [-0.39, 0.29) is 11.8 Å². The number of carbonyl (C=O) groups is 1. The lowest BCUT2D eigenvalue weighted by Crippen LogP contribution is -2.42. The number of benzene rings is 1. The van der Waals surface area contributed by atoms with Crippen molar-refractivity contribution in [2.45, 2.75) is 38.6 Å². The number of anilines is 1. The average Bonchev–Trinajstić information content (AvgIpc) is 2.68. The molecule has 0 unspecified atom stereocenters. The van der Waals surface area contributed by atoms with E-state index in [2.05, 4.69) is 57.4 Å². The van der Waals surface area contributed by atoms with Crippen LogP contribution in [0.15, 0.2) is 48.8 Å². The molecule has 1 atom stereocenters. The van der Waals surface area contributed by atoms with Crippen LogP contribution in [0.3, 0.4) is 0 Å². The van der Waals surface area contributed by atoms with Gasteiger partial charge in [0.15, 0.2) is 0 Å². The molecule has 0 saturated carbocycles. The van der Waals surface area contributed by atoms with Crippen LogP contribution in [0.1, 0.15) is 31.7 Å². The Morgan fingerprint density at radius 1 is 1.16 bits per heavy atom. The normalized spacial score (nSPS) is 17.2. The maximum absolute atomic E-state index is 12.3. The number of hydrogen-bond donors (Lipinski definition) is 1. The Bertz CT molecular complexity index is 654. The quantitative estimate of drug-likeness (QED) is 0.879. The van der Waals surface area contributed by atoms with Crippen molar-refractivity contribution in [3.05, 3.63) is 54.4 Å². The van der Waals surface area contributed by atoms with Gasteiger partial charge in [-0.2, -0.15) is 0 Å². The van der Waals surface area contributed by atoms with Crippen LogP contribution in [0.2, 0.25) is 0 Å². The van der Waals surface area contributed by atoms with Crippen molar-refractivity contribution >= 4 is 11.9 Å². The molecule has 1 aliphatic rings. The van der Waals surface area contributed by atoms with E-state index in [1.54, 1.807) is 18.5 Å². The van der Waals surface area contributed by atoms with Gasteiger partial charge in [0.25, 0.3) is 0 Å². The van der Waals surface area contributed by atoms with Gasteiger partial charge in [-0.05, 0) is 57.3 Å². The maximum Gasteiger partial charge on any atom is 0.229 e. The third kappa shape index (κ3) is 5.10. The molecule has 2 aromatic rings. The second-order valence-electron chi connectivity index (χ2n) is 6.75. The van der Waals surface area contributed by atoms with Gasteiger partial charge in [-0.1, -0.05) is 30.3 Å². The summed E-state index contributed by atoms with van der Waals surface area (Å²) in [5, 5.41) is 2.82. The van der Waals surface area contributed by atoms with E-state index in [0.717, 1.165) is 38.8 Å². The Labute approximate surface area is 149 Å². The number of nitrogens with zero attached hydrogens (tertiary/aromatic N) is 3. The molecule has 25 heavy (non-hydrogen) atoms. The lowest BCUT2D eigenvalue weighted by Gasteiger charge is -2.35. The number of nitrogens with one attached hydrogen (secondary N) is 1. The minimum Gasteiger partial charge on any atom is -0.301 e. The summed E-state index contributed by atoms with van der Waals surface area (Å²) in [5.74, 6) is 0.496. The number of piperidine rings is 1. The number of amides is 1. The molecule has 3 rings (SSSR count). The van der Waals surface area contributed by atoms with Crippen LogP contribution >= 0.6 is 0 Å². The molecule has 5 heteroatoms. The molecule has 0 spiro atoms. The third-order valence-corrected chi connectivity index (χ3v) is 5.02. The van der Waals surface area contributed by atoms with Gasteiger partial charge in [-0.15, -0.1) is 0 Å². The summed E-state index contributed by atoms with van der Waals surface area (Å²) in [7, 11) is 0. The van der Waals surface area contributed by atoms with Crippen molar-refractivity contribution in [2.75, 3.05) is 18.4 Å². The fraction of sp³-hybridized carbons (Fsp3) is 0.450. The molecule has 5 nitrogen and oxygen atoms in total. The van der Waals surface area contributed by atoms with Gasteiger partial charge in [-0.25, -0.2) is 9.97 Å². The molecule has 1 amide bonds. The van der Waals surface area contributed by atoms with Crippen LogP contribution in [0, 0.1) is 5.92 Å². The highest BCUT2D eigenvalue weighted by molar-refractivity contribution is 5.90. The molecule has 0 aliphatic carbocycles. The molecule has 1 aliphatic heterocycles. The van der Waals surface area contributed by atoms with Crippen LogP contribution in [0.4, 0.5) is 5.95 Å². The summed E-state index contributed by atoms with van der Waals surface area (Å²) >= 11 is 0. The van der Waals surface area contributed by atoms with Gasteiger partial charge in [-0.3, -0.25) is 10.1 Å². The van der Waals surface area contributed by atoms with Gasteiger partial charge in [0.2, 0.25) is 11.9 Å². The van der Waals surface area contributed by atoms with Crippen LogP contribution in [0.5, 0.6) is 0 Å². The van der Waals surface area contributed by atoms with Crippen molar-refractivity contribution in [1.82, 2.24) is 14.9 Å². The minimum atomic E-state index is 0.0442. The largest absolute Gasteiger partial charge is 0.301 e. The predicted molar refractivity (Wildman–Crippen MR) is 99.2 cm³/mol. The summed E-state index contributed by atoms with van der Waals surface area (Å²) in [6.45, 7) is 4.24. The molecule has 1 saturated heterocycles. The van der Waals surface area contributed by atoms with Crippen LogP contribution in [0.25, 0.3) is 0 Å². The Morgan fingerprint density at radius 3 is 2.52 bits per heavy atom. The zero-order valence-corrected chi connectivity index (χ0v) is 14.8. The minimum absolute atomic E-state index is 0.0442. The first-order valence-corrected chi connectivity index (χ1v) is 9.08. The van der Waals surface area contributed by atoms with Crippen molar-refractivity contribution in [3.8, 4) is 0 Å². The zero-order chi connectivity index (χ0) is 17.5. The molecule has 132 valence electrons. The number of carbonyl (C=O) groups excluding carboxylic acids is 1. The van der Waals surface area contributed by atoms with Gasteiger partial charge in [0.1, 0.15) is 0 Å². The zero-order valence-electron chi connectivity index (χ0n) is 14.8. The number of hydrogen-bond acceptors (Lipinski definition) is 4. The summed E-state index contributed by atoms with van der Waals surface area (Å²) in [5.41, 5.74) is 1.39. The van der Waals surface area contributed by atoms with Crippen LogP contribution in [-0.2, 0) is 11.2 Å². The van der Waals surface area contributed by atoms with E-state index >= 15 is 0 Å². The standard InChI is InChI=1S/C20H26N4O/c1-16(8-9-17-6-3-2-4-7-17)24-14-10-18(11-15-24)19(25)23-20-21-12-5-13-22-20/h2-7,12-13,16,18H,8-11,14-15H2,1H3,(H,21,22,23,25)/t16-/m1/s1. The summed E-state index contributed by atoms with van der Waals surface area (Å²) in [6, 6.07) is 12.9. The Balaban J connectivity index is 1.42. The first-order chi connectivity index (χ1) is 12.2. The lowest BCUT2D eigenvalue weighted by atomic mass is 9.94. The molecule has 1 aromatic carbocycles. The maximum atomic E-state index is 12.3. The van der Waals surface area contributed by atoms with Crippen LogP contribution < -0.4 is 5.32 Å².